The molecule has 3 fully saturated rings. The van der Waals surface area contributed by atoms with E-state index in [0.29, 0.717) is 25.4 Å². The summed E-state index contributed by atoms with van der Waals surface area (Å²) in [5.74, 6) is 0.0112. The zero-order chi connectivity index (χ0) is 27.9. The number of likely N-dealkylation sites (tertiary alicyclic amines) is 1. The Hall–Kier alpha value is -3.99. The van der Waals surface area contributed by atoms with Crippen LogP contribution in [0, 0.1) is 28.5 Å². The number of nitriles is 1. The molecular formula is C32H34FN5O2. The number of benzene rings is 2. The Labute approximate surface area is 234 Å². The van der Waals surface area contributed by atoms with Gasteiger partial charge >= 0.3 is 6.03 Å². The van der Waals surface area contributed by atoms with Gasteiger partial charge in [-0.25, -0.2) is 13.9 Å². The fourth-order valence-corrected chi connectivity index (χ4v) is 6.34. The Morgan fingerprint density at radius 3 is 2.42 bits per heavy atom. The molecule has 2 amide bonds. The molecule has 2 atom stereocenters. The third kappa shape index (κ3) is 5.01. The van der Waals surface area contributed by atoms with Crippen molar-refractivity contribution >= 4 is 11.8 Å². The Morgan fingerprint density at radius 1 is 1.07 bits per heavy atom. The average molecular weight is 540 g/mol. The molecule has 0 spiro atoms. The largest absolute Gasteiger partial charge is 0.341 e. The number of amides is 2. The maximum absolute atomic E-state index is 13.7. The molecule has 1 aliphatic heterocycles. The summed E-state index contributed by atoms with van der Waals surface area (Å²) in [6.45, 7) is 1.39. The molecule has 3 aromatic rings. The van der Waals surface area contributed by atoms with Crippen molar-refractivity contribution in [1.82, 2.24) is 20.0 Å². The molecule has 40 heavy (non-hydrogen) atoms. The number of aromatic nitrogens is 2. The lowest BCUT2D eigenvalue weighted by Crippen LogP contribution is -2.51. The number of carbonyl (C=O) groups excluding carboxylic acids is 2. The highest BCUT2D eigenvalue weighted by Crippen LogP contribution is 2.51. The maximum atomic E-state index is 13.7. The predicted molar refractivity (Wildman–Crippen MR) is 149 cm³/mol. The van der Waals surface area contributed by atoms with Gasteiger partial charge in [0.1, 0.15) is 11.6 Å². The van der Waals surface area contributed by atoms with Crippen LogP contribution in [0.1, 0.15) is 68.0 Å². The van der Waals surface area contributed by atoms with Crippen LogP contribution in [0.25, 0.3) is 16.8 Å². The van der Waals surface area contributed by atoms with Crippen molar-refractivity contribution in [3.05, 3.63) is 71.8 Å². The molecule has 2 saturated carbocycles. The van der Waals surface area contributed by atoms with Crippen LogP contribution < -0.4 is 5.32 Å². The number of nitrogens with zero attached hydrogens (tertiary/aromatic N) is 4. The first kappa shape index (κ1) is 26.2. The third-order valence-electron chi connectivity index (χ3n) is 9.04. The van der Waals surface area contributed by atoms with Crippen LogP contribution in [0.3, 0.4) is 0 Å². The molecule has 1 N–H and O–H groups in total. The van der Waals surface area contributed by atoms with Gasteiger partial charge in [0.2, 0.25) is 0 Å². The molecule has 6 rings (SSSR count). The lowest BCUT2D eigenvalue weighted by molar-refractivity contribution is -0.125. The number of ketones is 1. The fraction of sp³-hybridized carbons (Fsp3) is 0.438. The molecule has 3 aliphatic rings. The molecule has 8 heteroatoms. The SMILES string of the molecule is CNC(=O)N1CC(c2ccc(-c3cn(-c4ccc(F)cc4)nc3[C@@H]3CCCC[C@H]3C(=O)CC3(C#N)CC3)cc2)C1. The van der Waals surface area contributed by atoms with Gasteiger partial charge in [0.05, 0.1) is 22.9 Å². The highest BCUT2D eigenvalue weighted by Gasteiger charge is 2.47. The van der Waals surface area contributed by atoms with Gasteiger partial charge in [0.25, 0.3) is 0 Å². The summed E-state index contributed by atoms with van der Waals surface area (Å²) in [4.78, 5) is 27.2. The number of hydrogen-bond acceptors (Lipinski definition) is 4. The second-order valence-electron chi connectivity index (χ2n) is 11.7. The van der Waals surface area contributed by atoms with Crippen molar-refractivity contribution in [1.29, 1.82) is 5.26 Å². The average Bonchev–Trinajstić information content (AvgIpc) is 3.59. The van der Waals surface area contributed by atoms with E-state index in [0.717, 1.165) is 61.0 Å². The van der Waals surface area contributed by atoms with E-state index < -0.39 is 5.41 Å². The van der Waals surface area contributed by atoms with Crippen LogP contribution in [-0.2, 0) is 4.79 Å². The molecular weight excluding hydrogens is 505 g/mol. The smallest absolute Gasteiger partial charge is 0.317 e. The van der Waals surface area contributed by atoms with E-state index in [1.807, 2.05) is 6.20 Å². The molecule has 206 valence electrons. The quantitative estimate of drug-likeness (QED) is 0.401. The molecule has 0 unspecified atom stereocenters. The normalized spacial score (nSPS) is 21.8. The summed E-state index contributed by atoms with van der Waals surface area (Å²) in [5.41, 5.74) is 4.37. The molecule has 7 nitrogen and oxygen atoms in total. The Morgan fingerprint density at radius 2 is 1.77 bits per heavy atom. The van der Waals surface area contributed by atoms with E-state index in [1.165, 1.54) is 17.7 Å². The number of hydrogen-bond donors (Lipinski definition) is 1. The van der Waals surface area contributed by atoms with E-state index in [-0.39, 0.29) is 29.5 Å². The van der Waals surface area contributed by atoms with Crippen LogP contribution in [0.5, 0.6) is 0 Å². The molecule has 1 saturated heterocycles. The molecule has 0 radical (unpaired) electrons. The van der Waals surface area contributed by atoms with Gasteiger partial charge in [-0.15, -0.1) is 0 Å². The van der Waals surface area contributed by atoms with E-state index in [9.17, 15) is 19.2 Å². The Bertz CT molecular complexity index is 1450. The van der Waals surface area contributed by atoms with Crippen molar-refractivity contribution in [3.63, 3.8) is 0 Å². The van der Waals surface area contributed by atoms with Gasteiger partial charge in [-0.05, 0) is 61.1 Å². The van der Waals surface area contributed by atoms with Gasteiger partial charge < -0.3 is 10.2 Å². The number of halogens is 1. The molecule has 2 aromatic carbocycles. The lowest BCUT2D eigenvalue weighted by atomic mass is 9.72. The number of carbonyl (C=O) groups is 2. The van der Waals surface area contributed by atoms with E-state index in [1.54, 1.807) is 28.8 Å². The van der Waals surface area contributed by atoms with Gasteiger partial charge in [-0.2, -0.15) is 10.4 Å². The van der Waals surface area contributed by atoms with Crippen LogP contribution in [-0.4, -0.2) is 46.6 Å². The summed E-state index contributed by atoms with van der Waals surface area (Å²) >= 11 is 0. The first-order valence-corrected chi connectivity index (χ1v) is 14.3. The van der Waals surface area contributed by atoms with Crippen molar-refractivity contribution in [2.45, 2.75) is 56.8 Å². The van der Waals surface area contributed by atoms with Crippen molar-refractivity contribution in [2.75, 3.05) is 20.1 Å². The number of nitrogens with one attached hydrogen (secondary N) is 1. The molecule has 1 aromatic heterocycles. The van der Waals surface area contributed by atoms with Crippen molar-refractivity contribution in [2.24, 2.45) is 11.3 Å². The van der Waals surface area contributed by atoms with Gasteiger partial charge in [-0.1, -0.05) is 37.1 Å². The molecule has 2 heterocycles. The minimum atomic E-state index is -0.458. The minimum Gasteiger partial charge on any atom is -0.341 e. The van der Waals surface area contributed by atoms with E-state index >= 15 is 0 Å². The Balaban J connectivity index is 1.32. The monoisotopic (exact) mass is 539 g/mol. The highest BCUT2D eigenvalue weighted by atomic mass is 19.1. The second kappa shape index (κ2) is 10.5. The highest BCUT2D eigenvalue weighted by molar-refractivity contribution is 5.84. The van der Waals surface area contributed by atoms with Crippen LogP contribution in [0.15, 0.2) is 54.7 Å². The number of rotatable bonds is 7. The van der Waals surface area contributed by atoms with Crippen LogP contribution in [0.2, 0.25) is 0 Å². The summed E-state index contributed by atoms with van der Waals surface area (Å²) in [6.07, 6.45) is 7.67. The van der Waals surface area contributed by atoms with Gasteiger partial charge in [0.15, 0.2) is 0 Å². The Kier molecular flexibility index (Phi) is 6.91. The van der Waals surface area contributed by atoms with Crippen LogP contribution in [0.4, 0.5) is 9.18 Å². The van der Waals surface area contributed by atoms with Crippen LogP contribution >= 0.6 is 0 Å². The van der Waals surface area contributed by atoms with Gasteiger partial charge in [-0.3, -0.25) is 4.79 Å². The summed E-state index contributed by atoms with van der Waals surface area (Å²) in [5, 5.41) is 17.3. The standard InChI is InChI=1S/C32H34FN5O2/c1-35-31(40)37-17-23(18-37)21-6-8-22(9-7-21)28-19-38(25-12-10-24(33)11-13-25)36-30(28)27-5-3-2-4-26(27)29(39)16-32(20-34)14-15-32/h6-13,19,23,26-27H,2-5,14-18H2,1H3,(H,35,40)/t26-,27-/m1/s1. The first-order chi connectivity index (χ1) is 19.4. The van der Waals surface area contributed by atoms with Crippen molar-refractivity contribution in [3.8, 4) is 22.9 Å². The maximum Gasteiger partial charge on any atom is 0.317 e. The van der Waals surface area contributed by atoms with E-state index in [2.05, 4.69) is 35.7 Å². The topological polar surface area (TPSA) is 91.0 Å². The zero-order valence-electron chi connectivity index (χ0n) is 22.8. The molecule has 0 bridgehead atoms. The summed E-state index contributed by atoms with van der Waals surface area (Å²) in [7, 11) is 1.64. The third-order valence-corrected chi connectivity index (χ3v) is 9.04. The van der Waals surface area contributed by atoms with Crippen molar-refractivity contribution < 1.29 is 14.0 Å². The predicted octanol–water partition coefficient (Wildman–Crippen LogP) is 5.95. The first-order valence-electron chi connectivity index (χ1n) is 14.3. The number of urea groups is 1. The summed E-state index contributed by atoms with van der Waals surface area (Å²) < 4.78 is 15.5. The number of Topliss-reactive ketones (excluding diaryl/α,β-unsaturated/α-hetero) is 1. The fourth-order valence-electron chi connectivity index (χ4n) is 6.34. The minimum absolute atomic E-state index is 0.0279. The second-order valence-corrected chi connectivity index (χ2v) is 11.7. The summed E-state index contributed by atoms with van der Waals surface area (Å²) in [6, 6.07) is 17.0. The lowest BCUT2D eigenvalue weighted by Gasteiger charge is -2.39. The van der Waals surface area contributed by atoms with Gasteiger partial charge in [0, 0.05) is 56.1 Å². The van der Waals surface area contributed by atoms with E-state index in [4.69, 9.17) is 5.10 Å². The zero-order valence-corrected chi connectivity index (χ0v) is 22.8. The molecule has 2 aliphatic carbocycles.